The van der Waals surface area contributed by atoms with E-state index in [1.807, 2.05) is 0 Å². The Balaban J connectivity index is 1.57. The van der Waals surface area contributed by atoms with E-state index in [4.69, 9.17) is 9.84 Å². The molecule has 1 aromatic carbocycles. The van der Waals surface area contributed by atoms with Crippen molar-refractivity contribution in [2.75, 3.05) is 26.2 Å². The SMILES string of the molecule is O=C(O)c1c(O)cccc1OC1CN(C(=O)C2CCCNC2)C1. The number of carbonyl (C=O) groups is 2. The number of nitrogens with zero attached hydrogens (tertiary/aromatic N) is 1. The number of likely N-dealkylation sites (tertiary alicyclic amines) is 1. The van der Waals surface area contributed by atoms with Crippen molar-refractivity contribution in [1.82, 2.24) is 10.2 Å². The Labute approximate surface area is 133 Å². The smallest absolute Gasteiger partial charge is 0.343 e. The average molecular weight is 320 g/mol. The molecule has 7 heteroatoms. The van der Waals surface area contributed by atoms with Gasteiger partial charge in [-0.15, -0.1) is 0 Å². The monoisotopic (exact) mass is 320 g/mol. The van der Waals surface area contributed by atoms with Crippen LogP contribution in [0, 0.1) is 5.92 Å². The zero-order valence-electron chi connectivity index (χ0n) is 12.7. The Morgan fingerprint density at radius 1 is 1.30 bits per heavy atom. The van der Waals surface area contributed by atoms with Crippen molar-refractivity contribution in [3.63, 3.8) is 0 Å². The molecule has 0 radical (unpaired) electrons. The molecular weight excluding hydrogens is 300 g/mol. The minimum absolute atomic E-state index is 0.0278. The second kappa shape index (κ2) is 6.45. The summed E-state index contributed by atoms with van der Waals surface area (Å²) >= 11 is 0. The number of rotatable bonds is 4. The van der Waals surface area contributed by atoms with Gasteiger partial charge in [-0.1, -0.05) is 6.07 Å². The minimum atomic E-state index is -1.24. The average Bonchev–Trinajstić information content (AvgIpc) is 2.50. The highest BCUT2D eigenvalue weighted by Crippen LogP contribution is 2.30. The van der Waals surface area contributed by atoms with Crippen molar-refractivity contribution in [2.24, 2.45) is 5.92 Å². The van der Waals surface area contributed by atoms with E-state index < -0.39 is 5.97 Å². The lowest BCUT2D eigenvalue weighted by molar-refractivity contribution is -0.145. The normalized spacial score (nSPS) is 21.6. The number of nitrogens with one attached hydrogen (secondary N) is 1. The van der Waals surface area contributed by atoms with Crippen molar-refractivity contribution < 1.29 is 24.5 Å². The maximum atomic E-state index is 12.3. The Hall–Kier alpha value is -2.28. The summed E-state index contributed by atoms with van der Waals surface area (Å²) in [5.74, 6) is -1.27. The number of carbonyl (C=O) groups excluding carboxylic acids is 1. The molecule has 0 aromatic heterocycles. The zero-order chi connectivity index (χ0) is 16.4. The van der Waals surface area contributed by atoms with Gasteiger partial charge in [0, 0.05) is 6.54 Å². The summed E-state index contributed by atoms with van der Waals surface area (Å²) < 4.78 is 5.64. The van der Waals surface area contributed by atoms with Crippen LogP contribution in [0.1, 0.15) is 23.2 Å². The number of carboxylic acid groups (broad SMARTS) is 1. The standard InChI is InChI=1S/C16H20N2O5/c19-12-4-1-5-13(14(12)16(21)22)23-11-8-18(9-11)15(20)10-3-2-6-17-7-10/h1,4-5,10-11,17,19H,2-3,6-9H2,(H,21,22). The number of phenols is 1. The first-order valence-corrected chi connectivity index (χ1v) is 7.77. The summed E-state index contributed by atoms with van der Waals surface area (Å²) in [5, 5.41) is 22.0. The van der Waals surface area contributed by atoms with Crippen LogP contribution in [0.3, 0.4) is 0 Å². The van der Waals surface area contributed by atoms with Crippen LogP contribution < -0.4 is 10.1 Å². The summed E-state index contributed by atoms with van der Waals surface area (Å²) in [6, 6.07) is 4.36. The fourth-order valence-corrected chi connectivity index (χ4v) is 3.03. The van der Waals surface area contributed by atoms with Crippen molar-refractivity contribution in [3.05, 3.63) is 23.8 Å². The van der Waals surface area contributed by atoms with Crippen LogP contribution in [0.2, 0.25) is 0 Å². The Bertz CT molecular complexity index is 606. The van der Waals surface area contributed by atoms with Gasteiger partial charge >= 0.3 is 5.97 Å². The number of piperidine rings is 1. The molecule has 0 saturated carbocycles. The van der Waals surface area contributed by atoms with Gasteiger partial charge in [-0.2, -0.15) is 0 Å². The first-order valence-electron chi connectivity index (χ1n) is 7.77. The van der Waals surface area contributed by atoms with E-state index in [2.05, 4.69) is 5.32 Å². The molecule has 2 aliphatic heterocycles. The molecule has 1 unspecified atom stereocenters. The number of benzene rings is 1. The first kappa shape index (κ1) is 15.6. The number of amides is 1. The second-order valence-corrected chi connectivity index (χ2v) is 5.98. The molecule has 23 heavy (non-hydrogen) atoms. The number of ether oxygens (including phenoxy) is 1. The quantitative estimate of drug-likeness (QED) is 0.754. The van der Waals surface area contributed by atoms with Crippen LogP contribution >= 0.6 is 0 Å². The van der Waals surface area contributed by atoms with Crippen LogP contribution in [-0.4, -0.2) is 59.3 Å². The van der Waals surface area contributed by atoms with Crippen molar-refractivity contribution in [3.8, 4) is 11.5 Å². The maximum absolute atomic E-state index is 12.3. The molecule has 124 valence electrons. The van der Waals surface area contributed by atoms with Gasteiger partial charge in [-0.3, -0.25) is 4.79 Å². The number of aromatic hydroxyl groups is 1. The molecule has 1 amide bonds. The molecule has 2 aliphatic rings. The van der Waals surface area contributed by atoms with Crippen molar-refractivity contribution in [1.29, 1.82) is 0 Å². The first-order chi connectivity index (χ1) is 11.1. The highest BCUT2D eigenvalue weighted by Gasteiger charge is 2.36. The third kappa shape index (κ3) is 3.24. The van der Waals surface area contributed by atoms with Gasteiger partial charge in [-0.05, 0) is 31.5 Å². The van der Waals surface area contributed by atoms with Gasteiger partial charge in [-0.25, -0.2) is 4.79 Å². The van der Waals surface area contributed by atoms with Crippen LogP contribution in [0.5, 0.6) is 11.5 Å². The van der Waals surface area contributed by atoms with E-state index in [1.165, 1.54) is 18.2 Å². The van der Waals surface area contributed by atoms with Crippen molar-refractivity contribution >= 4 is 11.9 Å². The largest absolute Gasteiger partial charge is 0.507 e. The number of hydrogen-bond acceptors (Lipinski definition) is 5. The van der Waals surface area contributed by atoms with Gasteiger partial charge in [0.2, 0.25) is 5.91 Å². The Morgan fingerprint density at radius 3 is 2.74 bits per heavy atom. The molecule has 2 heterocycles. The van der Waals surface area contributed by atoms with Crippen LogP contribution in [0.25, 0.3) is 0 Å². The molecule has 2 saturated heterocycles. The molecule has 0 bridgehead atoms. The van der Waals surface area contributed by atoms with Gasteiger partial charge in [0.05, 0.1) is 19.0 Å². The van der Waals surface area contributed by atoms with Gasteiger partial charge in [0.15, 0.2) is 0 Å². The summed E-state index contributed by atoms with van der Waals surface area (Å²) in [6.07, 6.45) is 1.68. The summed E-state index contributed by atoms with van der Waals surface area (Å²) in [4.78, 5) is 25.2. The predicted octanol–water partition coefficient (Wildman–Crippen LogP) is 0.680. The Morgan fingerprint density at radius 2 is 2.09 bits per heavy atom. The molecule has 0 aliphatic carbocycles. The lowest BCUT2D eigenvalue weighted by Crippen LogP contribution is -2.58. The Kier molecular flexibility index (Phi) is 4.38. The van der Waals surface area contributed by atoms with Gasteiger partial charge in [0.1, 0.15) is 23.2 Å². The number of carboxylic acids is 1. The molecule has 1 atom stereocenters. The van der Waals surface area contributed by atoms with E-state index >= 15 is 0 Å². The molecule has 3 N–H and O–H groups in total. The lowest BCUT2D eigenvalue weighted by Gasteiger charge is -2.41. The summed E-state index contributed by atoms with van der Waals surface area (Å²) in [7, 11) is 0. The van der Waals surface area contributed by atoms with E-state index in [1.54, 1.807) is 4.90 Å². The van der Waals surface area contributed by atoms with Crippen LogP contribution in [0.15, 0.2) is 18.2 Å². The highest BCUT2D eigenvalue weighted by molar-refractivity contribution is 5.94. The highest BCUT2D eigenvalue weighted by atomic mass is 16.5. The number of hydrogen-bond donors (Lipinski definition) is 3. The number of aromatic carboxylic acids is 1. The predicted molar refractivity (Wildman–Crippen MR) is 81.7 cm³/mol. The van der Waals surface area contributed by atoms with Gasteiger partial charge < -0.3 is 25.2 Å². The summed E-state index contributed by atoms with van der Waals surface area (Å²) in [5.41, 5.74) is -0.242. The van der Waals surface area contributed by atoms with Gasteiger partial charge in [0.25, 0.3) is 0 Å². The molecule has 0 spiro atoms. The minimum Gasteiger partial charge on any atom is -0.507 e. The molecule has 2 fully saturated rings. The van der Waals surface area contributed by atoms with Crippen molar-refractivity contribution in [2.45, 2.75) is 18.9 Å². The van der Waals surface area contributed by atoms with E-state index in [9.17, 15) is 14.7 Å². The second-order valence-electron chi connectivity index (χ2n) is 5.98. The molecular formula is C16H20N2O5. The summed E-state index contributed by atoms with van der Waals surface area (Å²) in [6.45, 7) is 2.58. The van der Waals surface area contributed by atoms with E-state index in [0.717, 1.165) is 25.9 Å². The van der Waals surface area contributed by atoms with Crippen LogP contribution in [-0.2, 0) is 4.79 Å². The zero-order valence-corrected chi connectivity index (χ0v) is 12.7. The molecule has 7 nitrogen and oxygen atoms in total. The van der Waals surface area contributed by atoms with E-state index in [0.29, 0.717) is 13.1 Å². The van der Waals surface area contributed by atoms with E-state index in [-0.39, 0.29) is 35.0 Å². The van der Waals surface area contributed by atoms with Crippen LogP contribution in [0.4, 0.5) is 0 Å². The fraction of sp³-hybridized carbons (Fsp3) is 0.500. The lowest BCUT2D eigenvalue weighted by atomic mass is 9.96. The molecule has 3 rings (SSSR count). The third-order valence-electron chi connectivity index (χ3n) is 4.32. The topological polar surface area (TPSA) is 99.1 Å². The third-order valence-corrected chi connectivity index (χ3v) is 4.32. The fourth-order valence-electron chi connectivity index (χ4n) is 3.03. The molecule has 1 aromatic rings. The maximum Gasteiger partial charge on any atom is 0.343 e.